The molecule has 2 saturated heterocycles. The van der Waals surface area contributed by atoms with E-state index in [2.05, 4.69) is 36.1 Å². The van der Waals surface area contributed by atoms with Crippen LogP contribution >= 0.6 is 0 Å². The van der Waals surface area contributed by atoms with Gasteiger partial charge in [0, 0.05) is 25.8 Å². The van der Waals surface area contributed by atoms with Crippen molar-refractivity contribution in [2.24, 2.45) is 5.41 Å². The van der Waals surface area contributed by atoms with Gasteiger partial charge < -0.3 is 9.47 Å². The van der Waals surface area contributed by atoms with Crippen molar-refractivity contribution in [3.8, 4) is 0 Å². The van der Waals surface area contributed by atoms with Gasteiger partial charge in [0.2, 0.25) is 0 Å². The fourth-order valence-corrected chi connectivity index (χ4v) is 4.37. The highest BCUT2D eigenvalue weighted by atomic mass is 16.5. The number of nitrogens with zero attached hydrogens (tertiary/aromatic N) is 1. The summed E-state index contributed by atoms with van der Waals surface area (Å²) >= 11 is 0. The number of carbonyl (C=O) groups is 1. The third-order valence-electron chi connectivity index (χ3n) is 5.81. The van der Waals surface area contributed by atoms with E-state index in [1.165, 1.54) is 11.1 Å². The van der Waals surface area contributed by atoms with Crippen LogP contribution < -0.4 is 0 Å². The molecule has 25 heavy (non-hydrogen) atoms. The van der Waals surface area contributed by atoms with Crippen LogP contribution in [0.1, 0.15) is 43.7 Å². The van der Waals surface area contributed by atoms with E-state index in [-0.39, 0.29) is 5.97 Å². The summed E-state index contributed by atoms with van der Waals surface area (Å²) in [5.41, 5.74) is 2.11. The summed E-state index contributed by atoms with van der Waals surface area (Å²) in [5, 5.41) is 0. The van der Waals surface area contributed by atoms with Crippen LogP contribution in [0.15, 0.2) is 24.3 Å². The van der Waals surface area contributed by atoms with Gasteiger partial charge in [0.25, 0.3) is 0 Å². The molecule has 2 aliphatic rings. The minimum Gasteiger partial charge on any atom is -0.466 e. The zero-order chi connectivity index (χ0) is 17.7. The minimum atomic E-state index is -0.418. The molecule has 0 spiro atoms. The molecule has 0 aromatic heterocycles. The lowest BCUT2D eigenvalue weighted by Gasteiger charge is -2.45. The molecule has 0 N–H and O–H groups in total. The number of aryl methyl sites for hydroxylation is 1. The number of rotatable bonds is 5. The Morgan fingerprint density at radius 2 is 2.08 bits per heavy atom. The van der Waals surface area contributed by atoms with Crippen molar-refractivity contribution in [1.29, 1.82) is 0 Å². The summed E-state index contributed by atoms with van der Waals surface area (Å²) in [7, 11) is 0. The molecule has 2 aliphatic heterocycles. The maximum atomic E-state index is 13.0. The molecule has 4 heteroatoms. The molecule has 2 fully saturated rings. The Bertz CT molecular complexity index is 582. The largest absolute Gasteiger partial charge is 0.466 e. The van der Waals surface area contributed by atoms with Crippen LogP contribution in [0, 0.1) is 12.3 Å². The lowest BCUT2D eigenvalue weighted by Crippen LogP contribution is -2.53. The first-order valence-corrected chi connectivity index (χ1v) is 9.68. The lowest BCUT2D eigenvalue weighted by molar-refractivity contribution is -0.160. The van der Waals surface area contributed by atoms with Crippen LogP contribution in [0.4, 0.5) is 0 Å². The summed E-state index contributed by atoms with van der Waals surface area (Å²) in [4.78, 5) is 15.5. The monoisotopic (exact) mass is 345 g/mol. The summed E-state index contributed by atoms with van der Waals surface area (Å²) in [5.74, 6) is -0.0185. The molecule has 0 radical (unpaired) electrons. The second-order valence-electron chi connectivity index (χ2n) is 7.52. The predicted molar refractivity (Wildman–Crippen MR) is 98.6 cm³/mol. The maximum Gasteiger partial charge on any atom is 0.313 e. The quantitative estimate of drug-likeness (QED) is 0.767. The second-order valence-corrected chi connectivity index (χ2v) is 7.52. The Morgan fingerprint density at radius 3 is 2.80 bits per heavy atom. The molecular weight excluding hydrogens is 314 g/mol. The van der Waals surface area contributed by atoms with Crippen LogP contribution in [-0.2, 0) is 20.7 Å². The zero-order valence-corrected chi connectivity index (χ0v) is 15.6. The summed E-state index contributed by atoms with van der Waals surface area (Å²) in [6.07, 6.45) is 4.90. The second kappa shape index (κ2) is 8.33. The van der Waals surface area contributed by atoms with E-state index in [0.29, 0.717) is 12.6 Å². The number of hydrogen-bond donors (Lipinski definition) is 0. The number of likely N-dealkylation sites (tertiary alicyclic amines) is 1. The molecule has 0 unspecified atom stereocenters. The highest BCUT2D eigenvalue weighted by Gasteiger charge is 2.45. The fraction of sp³-hybridized carbons (Fsp3) is 0.667. The minimum absolute atomic E-state index is 0.0185. The van der Waals surface area contributed by atoms with Crippen LogP contribution in [0.5, 0.6) is 0 Å². The van der Waals surface area contributed by atoms with Gasteiger partial charge in [-0.3, -0.25) is 9.69 Å². The van der Waals surface area contributed by atoms with Crippen LogP contribution in [-0.4, -0.2) is 49.8 Å². The number of carbonyl (C=O) groups excluding carboxylic acids is 1. The number of esters is 1. The normalized spacial score (nSPS) is 25.7. The standard InChI is InChI=1S/C21H31NO3/c1-3-25-20(23)21(15-18-8-5-4-7-17(18)2)11-6-12-22(16-21)19-9-13-24-14-10-19/h4-5,7-8,19H,3,6,9-16H2,1-2H3/t21-/m1/s1. The molecule has 138 valence electrons. The van der Waals surface area contributed by atoms with E-state index in [0.717, 1.165) is 58.4 Å². The predicted octanol–water partition coefficient (Wildman–Crippen LogP) is 3.36. The van der Waals surface area contributed by atoms with Gasteiger partial charge in [0.05, 0.1) is 12.0 Å². The SMILES string of the molecule is CCOC(=O)[C@@]1(Cc2ccccc2C)CCCN(C2CCOCC2)C1. The molecule has 2 heterocycles. The number of piperidine rings is 1. The summed E-state index contributed by atoms with van der Waals surface area (Å²) in [6, 6.07) is 8.96. The number of ether oxygens (including phenoxy) is 2. The Morgan fingerprint density at radius 1 is 1.32 bits per heavy atom. The molecule has 3 rings (SSSR count). The van der Waals surface area contributed by atoms with Gasteiger partial charge in [0.1, 0.15) is 0 Å². The van der Waals surface area contributed by atoms with E-state index in [9.17, 15) is 4.79 Å². The van der Waals surface area contributed by atoms with Gasteiger partial charge in [-0.05, 0) is 63.6 Å². The van der Waals surface area contributed by atoms with Crippen molar-refractivity contribution in [1.82, 2.24) is 4.90 Å². The fourth-order valence-electron chi connectivity index (χ4n) is 4.37. The number of hydrogen-bond acceptors (Lipinski definition) is 4. The summed E-state index contributed by atoms with van der Waals surface area (Å²) in [6.45, 7) is 8.05. The zero-order valence-electron chi connectivity index (χ0n) is 15.6. The molecule has 0 aliphatic carbocycles. The Labute approximate surface area is 151 Å². The highest BCUT2D eigenvalue weighted by molar-refractivity contribution is 5.78. The van der Waals surface area contributed by atoms with E-state index >= 15 is 0 Å². The Kier molecular flexibility index (Phi) is 6.13. The first-order chi connectivity index (χ1) is 12.1. The molecule has 1 atom stereocenters. The molecule has 0 bridgehead atoms. The van der Waals surface area contributed by atoms with Gasteiger partial charge in [-0.15, -0.1) is 0 Å². The van der Waals surface area contributed by atoms with Crippen molar-refractivity contribution in [3.63, 3.8) is 0 Å². The lowest BCUT2D eigenvalue weighted by atomic mass is 9.74. The Balaban J connectivity index is 1.83. The summed E-state index contributed by atoms with van der Waals surface area (Å²) < 4.78 is 11.1. The Hall–Kier alpha value is -1.39. The maximum absolute atomic E-state index is 13.0. The molecule has 0 saturated carbocycles. The third kappa shape index (κ3) is 4.24. The topological polar surface area (TPSA) is 38.8 Å². The van der Waals surface area contributed by atoms with Crippen molar-refractivity contribution in [2.45, 2.75) is 52.0 Å². The molecule has 1 aromatic rings. The van der Waals surface area contributed by atoms with Crippen molar-refractivity contribution in [2.75, 3.05) is 32.9 Å². The highest BCUT2D eigenvalue weighted by Crippen LogP contribution is 2.37. The molecule has 1 aromatic carbocycles. The first-order valence-electron chi connectivity index (χ1n) is 9.68. The van der Waals surface area contributed by atoms with Gasteiger partial charge in [-0.1, -0.05) is 24.3 Å². The van der Waals surface area contributed by atoms with E-state index in [1.54, 1.807) is 0 Å². The van der Waals surface area contributed by atoms with Gasteiger partial charge in [-0.2, -0.15) is 0 Å². The van der Waals surface area contributed by atoms with Gasteiger partial charge >= 0.3 is 5.97 Å². The first kappa shape index (κ1) is 18.4. The smallest absolute Gasteiger partial charge is 0.313 e. The van der Waals surface area contributed by atoms with Crippen LogP contribution in [0.2, 0.25) is 0 Å². The number of benzene rings is 1. The van der Waals surface area contributed by atoms with E-state index < -0.39 is 5.41 Å². The van der Waals surface area contributed by atoms with Crippen molar-refractivity contribution < 1.29 is 14.3 Å². The van der Waals surface area contributed by atoms with Crippen LogP contribution in [0.3, 0.4) is 0 Å². The molecule has 4 nitrogen and oxygen atoms in total. The van der Waals surface area contributed by atoms with E-state index in [4.69, 9.17) is 9.47 Å². The van der Waals surface area contributed by atoms with E-state index in [1.807, 2.05) is 6.92 Å². The molecular formula is C21H31NO3. The third-order valence-corrected chi connectivity index (χ3v) is 5.81. The average molecular weight is 345 g/mol. The van der Waals surface area contributed by atoms with Gasteiger partial charge in [-0.25, -0.2) is 0 Å². The van der Waals surface area contributed by atoms with Crippen molar-refractivity contribution in [3.05, 3.63) is 35.4 Å². The van der Waals surface area contributed by atoms with Crippen LogP contribution in [0.25, 0.3) is 0 Å². The molecule has 0 amide bonds. The van der Waals surface area contributed by atoms with Crippen molar-refractivity contribution >= 4 is 5.97 Å². The van der Waals surface area contributed by atoms with Gasteiger partial charge in [0.15, 0.2) is 0 Å². The average Bonchev–Trinajstić information content (AvgIpc) is 2.65.